The number of hydrogen-bond donors (Lipinski definition) is 0. The lowest BCUT2D eigenvalue weighted by molar-refractivity contribution is 0.740. The zero-order valence-corrected chi connectivity index (χ0v) is 7.69. The fourth-order valence-corrected chi connectivity index (χ4v) is 1.73. The molecule has 1 aromatic heterocycles. The van der Waals surface area contributed by atoms with Crippen molar-refractivity contribution in [1.82, 2.24) is 4.98 Å². The lowest BCUT2D eigenvalue weighted by Gasteiger charge is -2.16. The predicted molar refractivity (Wildman–Crippen MR) is 54.8 cm³/mol. The first-order valence-electron chi connectivity index (χ1n) is 4.68. The highest BCUT2D eigenvalue weighted by Crippen LogP contribution is 2.21. The Hall–Kier alpha value is -1.31. The standard InChI is InChI=1S/C11H14N2/c1-2-10-6-8-13(9-10)11-5-3-4-7-12-11/h2-5,7,10H,1,6,8-9H2/t10-/m0/s1. The van der Waals surface area contributed by atoms with Gasteiger partial charge in [-0.2, -0.15) is 0 Å². The maximum absolute atomic E-state index is 4.32. The van der Waals surface area contributed by atoms with Gasteiger partial charge in [0.25, 0.3) is 0 Å². The molecular weight excluding hydrogens is 160 g/mol. The highest BCUT2D eigenvalue weighted by molar-refractivity contribution is 5.39. The minimum Gasteiger partial charge on any atom is -0.356 e. The molecule has 0 saturated carbocycles. The largest absolute Gasteiger partial charge is 0.356 e. The third-order valence-electron chi connectivity index (χ3n) is 2.53. The minimum atomic E-state index is 0.641. The summed E-state index contributed by atoms with van der Waals surface area (Å²) < 4.78 is 0. The fourth-order valence-electron chi connectivity index (χ4n) is 1.73. The topological polar surface area (TPSA) is 16.1 Å². The molecule has 2 nitrogen and oxygen atoms in total. The molecule has 1 aromatic rings. The van der Waals surface area contributed by atoms with E-state index in [-0.39, 0.29) is 0 Å². The first-order chi connectivity index (χ1) is 6.40. The molecule has 2 rings (SSSR count). The zero-order chi connectivity index (χ0) is 9.10. The number of rotatable bonds is 2. The van der Waals surface area contributed by atoms with Gasteiger partial charge in [0.05, 0.1) is 0 Å². The normalized spacial score (nSPS) is 21.8. The van der Waals surface area contributed by atoms with E-state index >= 15 is 0 Å². The highest BCUT2D eigenvalue weighted by Gasteiger charge is 2.20. The van der Waals surface area contributed by atoms with Crippen LogP contribution in [-0.4, -0.2) is 18.1 Å². The smallest absolute Gasteiger partial charge is 0.128 e. The van der Waals surface area contributed by atoms with E-state index in [2.05, 4.69) is 22.5 Å². The molecule has 1 atom stereocenters. The average molecular weight is 174 g/mol. The third kappa shape index (κ3) is 1.72. The summed E-state index contributed by atoms with van der Waals surface area (Å²) in [7, 11) is 0. The van der Waals surface area contributed by atoms with Crippen molar-refractivity contribution >= 4 is 5.82 Å². The molecule has 2 heterocycles. The van der Waals surface area contributed by atoms with Gasteiger partial charge in [-0.3, -0.25) is 0 Å². The van der Waals surface area contributed by atoms with Crippen molar-refractivity contribution in [3.05, 3.63) is 37.1 Å². The maximum Gasteiger partial charge on any atom is 0.128 e. The molecule has 0 unspecified atom stereocenters. The Balaban J connectivity index is 2.08. The Labute approximate surface area is 78.9 Å². The Bertz CT molecular complexity index is 281. The van der Waals surface area contributed by atoms with Crippen LogP contribution in [0.15, 0.2) is 37.1 Å². The molecule has 0 aliphatic carbocycles. The molecule has 0 N–H and O–H groups in total. The second-order valence-electron chi connectivity index (χ2n) is 3.42. The van der Waals surface area contributed by atoms with E-state index in [0.29, 0.717) is 5.92 Å². The molecule has 0 aromatic carbocycles. The van der Waals surface area contributed by atoms with E-state index in [1.54, 1.807) is 0 Å². The zero-order valence-electron chi connectivity index (χ0n) is 7.69. The number of aromatic nitrogens is 1. The molecule has 2 heteroatoms. The molecular formula is C11H14N2. The van der Waals surface area contributed by atoms with Gasteiger partial charge in [-0.15, -0.1) is 6.58 Å². The summed E-state index contributed by atoms with van der Waals surface area (Å²) in [5.41, 5.74) is 0. The van der Waals surface area contributed by atoms with Crippen LogP contribution in [0.3, 0.4) is 0 Å². The molecule has 0 radical (unpaired) electrons. The van der Waals surface area contributed by atoms with Crippen LogP contribution in [0.5, 0.6) is 0 Å². The van der Waals surface area contributed by atoms with Crippen molar-refractivity contribution in [3.63, 3.8) is 0 Å². The van der Waals surface area contributed by atoms with Gasteiger partial charge >= 0.3 is 0 Å². The second-order valence-corrected chi connectivity index (χ2v) is 3.42. The molecule has 1 fully saturated rings. The van der Waals surface area contributed by atoms with Gasteiger partial charge in [0.15, 0.2) is 0 Å². The molecule has 13 heavy (non-hydrogen) atoms. The van der Waals surface area contributed by atoms with Gasteiger partial charge < -0.3 is 4.90 Å². The monoisotopic (exact) mass is 174 g/mol. The van der Waals surface area contributed by atoms with Crippen molar-refractivity contribution in [2.45, 2.75) is 6.42 Å². The molecule has 0 amide bonds. The summed E-state index contributed by atoms with van der Waals surface area (Å²) in [4.78, 5) is 6.63. The summed E-state index contributed by atoms with van der Waals surface area (Å²) in [5.74, 6) is 1.73. The lowest BCUT2D eigenvalue weighted by Crippen LogP contribution is -2.19. The minimum absolute atomic E-state index is 0.641. The van der Waals surface area contributed by atoms with Crippen LogP contribution in [0.4, 0.5) is 5.82 Å². The molecule has 1 saturated heterocycles. The van der Waals surface area contributed by atoms with Crippen LogP contribution in [0.25, 0.3) is 0 Å². The summed E-state index contributed by atoms with van der Waals surface area (Å²) in [6.07, 6.45) is 5.10. The van der Waals surface area contributed by atoms with Gasteiger partial charge in [0, 0.05) is 19.3 Å². The first-order valence-corrected chi connectivity index (χ1v) is 4.68. The first kappa shape index (κ1) is 8.30. The van der Waals surface area contributed by atoms with E-state index in [1.165, 1.54) is 6.42 Å². The summed E-state index contributed by atoms with van der Waals surface area (Å²) in [6.45, 7) is 6.00. The maximum atomic E-state index is 4.32. The van der Waals surface area contributed by atoms with E-state index in [0.717, 1.165) is 18.9 Å². The van der Waals surface area contributed by atoms with E-state index in [1.807, 2.05) is 24.4 Å². The summed E-state index contributed by atoms with van der Waals surface area (Å²) in [6, 6.07) is 6.04. The van der Waals surface area contributed by atoms with Crippen LogP contribution in [0, 0.1) is 5.92 Å². The van der Waals surface area contributed by atoms with Crippen LogP contribution in [0.2, 0.25) is 0 Å². The van der Waals surface area contributed by atoms with Crippen LogP contribution in [0.1, 0.15) is 6.42 Å². The van der Waals surface area contributed by atoms with Gasteiger partial charge in [-0.05, 0) is 24.5 Å². The molecule has 1 aliphatic heterocycles. The number of hydrogen-bond acceptors (Lipinski definition) is 2. The van der Waals surface area contributed by atoms with Crippen molar-refractivity contribution in [2.24, 2.45) is 5.92 Å². The predicted octanol–water partition coefficient (Wildman–Crippen LogP) is 2.09. The molecule has 1 aliphatic rings. The van der Waals surface area contributed by atoms with Gasteiger partial charge in [0.1, 0.15) is 5.82 Å². The highest BCUT2D eigenvalue weighted by atomic mass is 15.2. The van der Waals surface area contributed by atoms with Gasteiger partial charge in [0.2, 0.25) is 0 Å². The number of nitrogens with zero attached hydrogens (tertiary/aromatic N) is 2. The third-order valence-corrected chi connectivity index (χ3v) is 2.53. The fraction of sp³-hybridized carbons (Fsp3) is 0.364. The Kier molecular flexibility index (Phi) is 2.30. The van der Waals surface area contributed by atoms with Crippen molar-refractivity contribution in [3.8, 4) is 0 Å². The quantitative estimate of drug-likeness (QED) is 0.638. The van der Waals surface area contributed by atoms with E-state index < -0.39 is 0 Å². The van der Waals surface area contributed by atoms with Gasteiger partial charge in [-0.25, -0.2) is 4.98 Å². The Morgan fingerprint density at radius 3 is 3.08 bits per heavy atom. The molecule has 0 bridgehead atoms. The Morgan fingerprint density at radius 2 is 2.46 bits per heavy atom. The van der Waals surface area contributed by atoms with Crippen LogP contribution in [-0.2, 0) is 0 Å². The average Bonchev–Trinajstić information content (AvgIpc) is 2.67. The summed E-state index contributed by atoms with van der Waals surface area (Å²) >= 11 is 0. The van der Waals surface area contributed by atoms with Crippen molar-refractivity contribution < 1.29 is 0 Å². The van der Waals surface area contributed by atoms with E-state index in [4.69, 9.17) is 0 Å². The van der Waals surface area contributed by atoms with Gasteiger partial charge in [-0.1, -0.05) is 12.1 Å². The van der Waals surface area contributed by atoms with Crippen molar-refractivity contribution in [2.75, 3.05) is 18.0 Å². The van der Waals surface area contributed by atoms with Crippen molar-refractivity contribution in [1.29, 1.82) is 0 Å². The lowest BCUT2D eigenvalue weighted by atomic mass is 10.1. The van der Waals surface area contributed by atoms with Crippen LogP contribution >= 0.6 is 0 Å². The molecule has 0 spiro atoms. The molecule has 68 valence electrons. The Morgan fingerprint density at radius 1 is 1.54 bits per heavy atom. The second kappa shape index (κ2) is 3.60. The summed E-state index contributed by atoms with van der Waals surface area (Å²) in [5, 5.41) is 0. The van der Waals surface area contributed by atoms with E-state index in [9.17, 15) is 0 Å². The number of anilines is 1. The number of pyridine rings is 1. The van der Waals surface area contributed by atoms with Crippen LogP contribution < -0.4 is 4.90 Å². The SMILES string of the molecule is C=C[C@H]1CCN(c2ccccn2)C1.